The number of anilines is 1. The monoisotopic (exact) mass is 545 g/mol. The zero-order valence-electron chi connectivity index (χ0n) is 18.6. The van der Waals surface area contributed by atoms with Gasteiger partial charge in [-0.2, -0.15) is 5.10 Å². The fraction of sp³-hybridized carbons (Fsp3) is 0.0714. The van der Waals surface area contributed by atoms with E-state index in [4.69, 9.17) is 16.3 Å². The van der Waals surface area contributed by atoms with Crippen LogP contribution in [0.4, 0.5) is 10.5 Å². The zero-order chi connectivity index (χ0) is 24.2. The summed E-state index contributed by atoms with van der Waals surface area (Å²) in [5.74, 6) is 1.38. The fourth-order valence-electron chi connectivity index (χ4n) is 3.89. The maximum absolute atomic E-state index is 13.1. The first-order valence-corrected chi connectivity index (χ1v) is 12.2. The molecule has 1 aliphatic rings. The van der Waals surface area contributed by atoms with Crippen molar-refractivity contribution in [1.29, 1.82) is 0 Å². The van der Waals surface area contributed by atoms with Gasteiger partial charge in [0.2, 0.25) is 0 Å². The van der Waals surface area contributed by atoms with Crippen molar-refractivity contribution in [2.24, 2.45) is 5.10 Å². The first-order valence-electron chi connectivity index (χ1n) is 11.1. The van der Waals surface area contributed by atoms with Crippen LogP contribution in [0.1, 0.15) is 17.0 Å². The van der Waals surface area contributed by atoms with E-state index in [2.05, 4.69) is 38.5 Å². The van der Waals surface area contributed by atoms with Crippen LogP contribution in [0, 0.1) is 0 Å². The van der Waals surface area contributed by atoms with Crippen molar-refractivity contribution < 1.29 is 9.53 Å². The van der Waals surface area contributed by atoms with E-state index in [-0.39, 0.29) is 11.9 Å². The molecule has 0 saturated heterocycles. The summed E-state index contributed by atoms with van der Waals surface area (Å²) >= 11 is 9.49. The van der Waals surface area contributed by atoms with Gasteiger partial charge in [-0.15, -0.1) is 0 Å². The van der Waals surface area contributed by atoms with Crippen molar-refractivity contribution in [2.45, 2.75) is 5.92 Å². The molecule has 0 saturated carbocycles. The van der Waals surface area contributed by atoms with Gasteiger partial charge in [0.25, 0.3) is 0 Å². The summed E-state index contributed by atoms with van der Waals surface area (Å²) in [5.41, 5.74) is 3.53. The van der Waals surface area contributed by atoms with Crippen LogP contribution in [-0.2, 0) is 0 Å². The van der Waals surface area contributed by atoms with Crippen LogP contribution >= 0.6 is 27.5 Å². The molecule has 5 nitrogen and oxygen atoms in total. The molecule has 5 rings (SSSR count). The Morgan fingerprint density at radius 2 is 1.51 bits per heavy atom. The minimum Gasteiger partial charge on any atom is -0.457 e. The molecule has 7 heteroatoms. The predicted molar refractivity (Wildman–Crippen MR) is 144 cm³/mol. The topological polar surface area (TPSA) is 53.9 Å². The van der Waals surface area contributed by atoms with Crippen molar-refractivity contribution in [3.63, 3.8) is 0 Å². The summed E-state index contributed by atoms with van der Waals surface area (Å²) in [6, 6.07) is 32.2. The number of benzene rings is 4. The lowest BCUT2D eigenvalue weighted by molar-refractivity contribution is 0.218. The Bertz CT molecular complexity index is 1340. The minimum atomic E-state index is -0.295. The van der Waals surface area contributed by atoms with Gasteiger partial charge in [0.05, 0.1) is 12.3 Å². The largest absolute Gasteiger partial charge is 0.457 e. The Balaban J connectivity index is 1.31. The summed E-state index contributed by atoms with van der Waals surface area (Å²) in [7, 11) is 0. The average molecular weight is 547 g/mol. The number of ether oxygens (including phenoxy) is 1. The van der Waals surface area contributed by atoms with E-state index in [1.54, 1.807) is 12.1 Å². The van der Waals surface area contributed by atoms with Gasteiger partial charge >= 0.3 is 6.03 Å². The van der Waals surface area contributed by atoms with Crippen molar-refractivity contribution >= 4 is 45.0 Å². The lowest BCUT2D eigenvalue weighted by atomic mass is 9.91. The molecule has 1 unspecified atom stereocenters. The Kier molecular flexibility index (Phi) is 6.84. The first kappa shape index (κ1) is 23.1. The van der Waals surface area contributed by atoms with Gasteiger partial charge in [-0.05, 0) is 71.8 Å². The zero-order valence-corrected chi connectivity index (χ0v) is 20.9. The molecule has 1 atom stereocenters. The number of carbonyl (C=O) groups excluding carboxylic acids is 1. The van der Waals surface area contributed by atoms with E-state index in [9.17, 15) is 4.79 Å². The second kappa shape index (κ2) is 10.3. The van der Waals surface area contributed by atoms with Crippen LogP contribution in [0.3, 0.4) is 0 Å². The minimum absolute atomic E-state index is 0.0372. The maximum Gasteiger partial charge on any atom is 0.342 e. The molecule has 35 heavy (non-hydrogen) atoms. The van der Waals surface area contributed by atoms with Gasteiger partial charge in [0, 0.05) is 21.1 Å². The Labute approximate surface area is 217 Å². The Morgan fingerprint density at radius 1 is 0.886 bits per heavy atom. The highest BCUT2D eigenvalue weighted by molar-refractivity contribution is 9.10. The summed E-state index contributed by atoms with van der Waals surface area (Å²) in [5, 5.41) is 9.76. The Hall–Kier alpha value is -3.61. The molecule has 2 amide bonds. The summed E-state index contributed by atoms with van der Waals surface area (Å²) in [6.07, 6.45) is 0. The van der Waals surface area contributed by atoms with Crippen molar-refractivity contribution in [2.75, 3.05) is 11.9 Å². The predicted octanol–water partition coefficient (Wildman–Crippen LogP) is 7.93. The lowest BCUT2D eigenvalue weighted by Gasteiger charge is -2.16. The van der Waals surface area contributed by atoms with Crippen LogP contribution < -0.4 is 10.1 Å². The fourth-order valence-corrected chi connectivity index (χ4v) is 4.28. The number of halogens is 2. The summed E-state index contributed by atoms with van der Waals surface area (Å²) in [4.78, 5) is 13.1. The van der Waals surface area contributed by atoms with Gasteiger partial charge in [-0.3, -0.25) is 0 Å². The smallest absolute Gasteiger partial charge is 0.342 e. The van der Waals surface area contributed by atoms with E-state index in [0.717, 1.165) is 27.1 Å². The lowest BCUT2D eigenvalue weighted by Crippen LogP contribution is -2.30. The average Bonchev–Trinajstić information content (AvgIpc) is 3.33. The van der Waals surface area contributed by atoms with Crippen molar-refractivity contribution in [3.05, 3.63) is 124 Å². The molecule has 0 bridgehead atoms. The van der Waals surface area contributed by atoms with Crippen LogP contribution in [0.25, 0.3) is 0 Å². The van der Waals surface area contributed by atoms with E-state index in [1.807, 2.05) is 78.9 Å². The highest BCUT2D eigenvalue weighted by Gasteiger charge is 2.32. The first-order chi connectivity index (χ1) is 17.0. The molecule has 1 N–H and O–H groups in total. The van der Waals surface area contributed by atoms with E-state index in [1.165, 1.54) is 5.01 Å². The molecule has 1 aliphatic heterocycles. The number of rotatable bonds is 5. The number of hydrazone groups is 1. The molecule has 0 radical (unpaired) electrons. The van der Waals surface area contributed by atoms with Gasteiger partial charge in [0.15, 0.2) is 0 Å². The summed E-state index contributed by atoms with van der Waals surface area (Å²) < 4.78 is 6.84. The van der Waals surface area contributed by atoms with E-state index >= 15 is 0 Å². The summed E-state index contributed by atoms with van der Waals surface area (Å²) in [6.45, 7) is 0.443. The number of hydrogen-bond acceptors (Lipinski definition) is 3. The van der Waals surface area contributed by atoms with E-state index in [0.29, 0.717) is 23.0 Å². The molecule has 0 spiro atoms. The van der Waals surface area contributed by atoms with Crippen molar-refractivity contribution in [1.82, 2.24) is 5.01 Å². The molecule has 174 valence electrons. The number of nitrogens with zero attached hydrogens (tertiary/aromatic N) is 2. The maximum atomic E-state index is 13.1. The second-order valence-electron chi connectivity index (χ2n) is 8.05. The molecular weight excluding hydrogens is 526 g/mol. The number of carbonyl (C=O) groups is 1. The number of urea groups is 1. The van der Waals surface area contributed by atoms with Crippen molar-refractivity contribution in [3.8, 4) is 11.5 Å². The SMILES string of the molecule is O=C(Nc1ccc(Oc2ccc(Br)cc2)cc1)N1CC(c2ccccc2)C(c2ccc(Cl)cc2)=N1. The second-order valence-corrected chi connectivity index (χ2v) is 9.40. The Morgan fingerprint density at radius 3 is 2.17 bits per heavy atom. The van der Waals surface area contributed by atoms with Crippen LogP contribution in [-0.4, -0.2) is 23.3 Å². The number of amides is 2. The van der Waals surface area contributed by atoms with Gasteiger partial charge in [-0.25, -0.2) is 9.80 Å². The van der Waals surface area contributed by atoms with Crippen LogP contribution in [0.15, 0.2) is 113 Å². The molecular formula is C28H21BrClN3O2. The quantitative estimate of drug-likeness (QED) is 0.276. The molecule has 4 aromatic carbocycles. The highest BCUT2D eigenvalue weighted by atomic mass is 79.9. The molecule has 4 aromatic rings. The molecule has 0 fully saturated rings. The van der Waals surface area contributed by atoms with Gasteiger partial charge in [0.1, 0.15) is 11.5 Å². The third kappa shape index (κ3) is 5.56. The normalized spacial score (nSPS) is 15.0. The molecule has 0 aromatic heterocycles. The third-order valence-corrected chi connectivity index (χ3v) is 6.43. The number of hydrogen-bond donors (Lipinski definition) is 1. The number of nitrogens with one attached hydrogen (secondary N) is 1. The van der Waals surface area contributed by atoms with Gasteiger partial charge in [-0.1, -0.05) is 70.0 Å². The van der Waals surface area contributed by atoms with Gasteiger partial charge < -0.3 is 10.1 Å². The van der Waals surface area contributed by atoms with E-state index < -0.39 is 0 Å². The standard InChI is InChI=1S/C28H21BrClN3O2/c29-21-8-14-24(15-9-21)35-25-16-12-23(13-17-25)31-28(34)33-18-26(19-4-2-1-3-5-19)27(32-33)20-6-10-22(30)11-7-20/h1-17,26H,18H2,(H,31,34). The third-order valence-electron chi connectivity index (χ3n) is 5.65. The molecule has 1 heterocycles. The van der Waals surface area contributed by atoms with Crippen LogP contribution in [0.2, 0.25) is 5.02 Å². The highest BCUT2D eigenvalue weighted by Crippen LogP contribution is 2.30. The van der Waals surface area contributed by atoms with Crippen LogP contribution in [0.5, 0.6) is 11.5 Å². The molecule has 0 aliphatic carbocycles.